The van der Waals surface area contributed by atoms with E-state index >= 15 is 0 Å². The molecule has 0 bridgehead atoms. The van der Waals surface area contributed by atoms with Crippen LogP contribution in [0.1, 0.15) is 40.5 Å². The van der Waals surface area contributed by atoms with Gasteiger partial charge in [0, 0.05) is 55.9 Å². The molecular formula is C21H22N4O2. The van der Waals surface area contributed by atoms with Crippen molar-refractivity contribution in [2.45, 2.75) is 25.3 Å². The average Bonchev–Trinajstić information content (AvgIpc) is 3.16. The first kappa shape index (κ1) is 17.3. The summed E-state index contributed by atoms with van der Waals surface area (Å²) in [4.78, 5) is 23.3. The Kier molecular flexibility index (Phi) is 4.87. The summed E-state index contributed by atoms with van der Waals surface area (Å²) in [5, 5.41) is 9.65. The first-order valence-corrected chi connectivity index (χ1v) is 9.19. The van der Waals surface area contributed by atoms with Gasteiger partial charge in [0.25, 0.3) is 5.91 Å². The number of likely N-dealkylation sites (tertiary alicyclic amines) is 1. The standard InChI is InChI=1S/C21H22N4O2/c26-19-5-1-3-17(13-19)21(27)25-11-2-4-18(15-25)20-23-10-12-24(20)14-16-6-8-22-9-7-16/h1,3,5-10,12-13,18,26H,2,4,11,14-15H2/t18-/m0/s1. The summed E-state index contributed by atoms with van der Waals surface area (Å²) in [6, 6.07) is 10.5. The third kappa shape index (κ3) is 3.84. The van der Waals surface area contributed by atoms with E-state index in [1.165, 1.54) is 11.6 Å². The number of pyridine rings is 1. The molecule has 1 saturated heterocycles. The quantitative estimate of drug-likeness (QED) is 0.774. The molecular weight excluding hydrogens is 340 g/mol. The largest absolute Gasteiger partial charge is 0.508 e. The van der Waals surface area contributed by atoms with Crippen LogP contribution in [0.15, 0.2) is 61.2 Å². The van der Waals surface area contributed by atoms with Crippen LogP contribution in [0.3, 0.4) is 0 Å². The Labute approximate surface area is 158 Å². The Morgan fingerprint density at radius 3 is 2.85 bits per heavy atom. The van der Waals surface area contributed by atoms with Gasteiger partial charge in [-0.2, -0.15) is 0 Å². The van der Waals surface area contributed by atoms with Crippen molar-refractivity contribution in [2.24, 2.45) is 0 Å². The smallest absolute Gasteiger partial charge is 0.254 e. The van der Waals surface area contributed by atoms with Crippen molar-refractivity contribution in [3.05, 3.63) is 78.1 Å². The number of phenols is 1. The number of piperidine rings is 1. The predicted octanol–water partition coefficient (Wildman–Crippen LogP) is 3.05. The van der Waals surface area contributed by atoms with Gasteiger partial charge in [-0.05, 0) is 48.7 Å². The van der Waals surface area contributed by atoms with Gasteiger partial charge in [-0.1, -0.05) is 6.07 Å². The van der Waals surface area contributed by atoms with Crippen LogP contribution in [-0.4, -0.2) is 43.5 Å². The van der Waals surface area contributed by atoms with Crippen molar-refractivity contribution >= 4 is 5.91 Å². The molecule has 0 unspecified atom stereocenters. The molecule has 3 aromatic rings. The number of hydrogen-bond acceptors (Lipinski definition) is 4. The van der Waals surface area contributed by atoms with E-state index < -0.39 is 0 Å². The minimum atomic E-state index is -0.0390. The molecule has 1 aliphatic heterocycles. The highest BCUT2D eigenvalue weighted by Crippen LogP contribution is 2.27. The number of phenolic OH excluding ortho intramolecular Hbond substituents is 1. The molecule has 6 heteroatoms. The monoisotopic (exact) mass is 362 g/mol. The van der Waals surface area contributed by atoms with Crippen LogP contribution in [0, 0.1) is 0 Å². The molecule has 3 heterocycles. The summed E-state index contributed by atoms with van der Waals surface area (Å²) in [6.07, 6.45) is 9.36. The Balaban J connectivity index is 1.51. The van der Waals surface area contributed by atoms with E-state index in [0.29, 0.717) is 12.1 Å². The van der Waals surface area contributed by atoms with Gasteiger partial charge < -0.3 is 14.6 Å². The molecule has 138 valence electrons. The topological polar surface area (TPSA) is 71.2 Å². The molecule has 1 amide bonds. The lowest BCUT2D eigenvalue weighted by Crippen LogP contribution is -2.39. The molecule has 0 saturated carbocycles. The predicted molar refractivity (Wildman–Crippen MR) is 102 cm³/mol. The molecule has 1 aromatic carbocycles. The van der Waals surface area contributed by atoms with Crippen LogP contribution in [0.4, 0.5) is 0 Å². The molecule has 27 heavy (non-hydrogen) atoms. The molecule has 0 spiro atoms. The second-order valence-electron chi connectivity index (χ2n) is 6.91. The van der Waals surface area contributed by atoms with Gasteiger partial charge >= 0.3 is 0 Å². The third-order valence-electron chi connectivity index (χ3n) is 5.02. The molecule has 1 N–H and O–H groups in total. The number of aromatic nitrogens is 3. The van der Waals surface area contributed by atoms with Gasteiger partial charge in [0.2, 0.25) is 0 Å². The van der Waals surface area contributed by atoms with E-state index in [-0.39, 0.29) is 17.6 Å². The third-order valence-corrected chi connectivity index (χ3v) is 5.02. The molecule has 1 fully saturated rings. The number of rotatable bonds is 4. The minimum absolute atomic E-state index is 0.0390. The van der Waals surface area contributed by atoms with Crippen molar-refractivity contribution in [2.75, 3.05) is 13.1 Å². The summed E-state index contributed by atoms with van der Waals surface area (Å²) in [5.74, 6) is 1.29. The van der Waals surface area contributed by atoms with Crippen molar-refractivity contribution < 1.29 is 9.90 Å². The van der Waals surface area contributed by atoms with Crippen molar-refractivity contribution in [1.82, 2.24) is 19.4 Å². The van der Waals surface area contributed by atoms with Crippen molar-refractivity contribution in [1.29, 1.82) is 0 Å². The number of hydrogen-bond donors (Lipinski definition) is 1. The number of amides is 1. The lowest BCUT2D eigenvalue weighted by atomic mass is 9.96. The van der Waals surface area contributed by atoms with Crippen molar-refractivity contribution in [3.63, 3.8) is 0 Å². The zero-order valence-electron chi connectivity index (χ0n) is 15.0. The summed E-state index contributed by atoms with van der Waals surface area (Å²) in [7, 11) is 0. The summed E-state index contributed by atoms with van der Waals surface area (Å²) in [5.41, 5.74) is 1.70. The van der Waals surface area contributed by atoms with E-state index in [1.54, 1.807) is 30.6 Å². The molecule has 0 radical (unpaired) electrons. The van der Waals surface area contributed by atoms with Crippen LogP contribution in [-0.2, 0) is 6.54 Å². The number of imidazole rings is 1. The molecule has 1 aliphatic rings. The number of benzene rings is 1. The lowest BCUT2D eigenvalue weighted by Gasteiger charge is -2.32. The van der Waals surface area contributed by atoms with Crippen LogP contribution in [0.2, 0.25) is 0 Å². The van der Waals surface area contributed by atoms with E-state index in [9.17, 15) is 9.90 Å². The number of aromatic hydroxyl groups is 1. The fourth-order valence-electron chi connectivity index (χ4n) is 3.69. The second kappa shape index (κ2) is 7.61. The van der Waals surface area contributed by atoms with Gasteiger partial charge in [-0.3, -0.25) is 9.78 Å². The fourth-order valence-corrected chi connectivity index (χ4v) is 3.69. The van der Waals surface area contributed by atoms with E-state index in [1.807, 2.05) is 29.4 Å². The first-order valence-electron chi connectivity index (χ1n) is 9.19. The Morgan fingerprint density at radius 2 is 2.04 bits per heavy atom. The minimum Gasteiger partial charge on any atom is -0.508 e. The zero-order chi connectivity index (χ0) is 18.6. The summed E-state index contributed by atoms with van der Waals surface area (Å²) < 4.78 is 2.16. The highest BCUT2D eigenvalue weighted by molar-refractivity contribution is 5.94. The maximum atomic E-state index is 12.8. The highest BCUT2D eigenvalue weighted by Gasteiger charge is 2.28. The summed E-state index contributed by atoms with van der Waals surface area (Å²) in [6.45, 7) is 2.12. The number of nitrogens with zero attached hydrogens (tertiary/aromatic N) is 4. The zero-order valence-corrected chi connectivity index (χ0v) is 15.0. The Hall–Kier alpha value is -3.15. The van der Waals surface area contributed by atoms with Gasteiger partial charge in [0.1, 0.15) is 11.6 Å². The second-order valence-corrected chi connectivity index (χ2v) is 6.91. The van der Waals surface area contributed by atoms with Gasteiger partial charge in [-0.15, -0.1) is 0 Å². The fraction of sp³-hybridized carbons (Fsp3) is 0.286. The van der Waals surface area contributed by atoms with Gasteiger partial charge in [0.15, 0.2) is 0 Å². The highest BCUT2D eigenvalue weighted by atomic mass is 16.3. The molecule has 4 rings (SSSR count). The summed E-state index contributed by atoms with van der Waals surface area (Å²) >= 11 is 0. The van der Waals surface area contributed by atoms with Crippen LogP contribution in [0.25, 0.3) is 0 Å². The molecule has 0 aliphatic carbocycles. The maximum absolute atomic E-state index is 12.8. The molecule has 6 nitrogen and oxygen atoms in total. The molecule has 1 atom stereocenters. The van der Waals surface area contributed by atoms with Crippen molar-refractivity contribution in [3.8, 4) is 5.75 Å². The number of carbonyl (C=O) groups is 1. The van der Waals surface area contributed by atoms with Crippen LogP contribution >= 0.6 is 0 Å². The van der Waals surface area contributed by atoms with E-state index in [4.69, 9.17) is 0 Å². The van der Waals surface area contributed by atoms with Crippen LogP contribution < -0.4 is 0 Å². The lowest BCUT2D eigenvalue weighted by molar-refractivity contribution is 0.0703. The van der Waals surface area contributed by atoms with E-state index in [0.717, 1.165) is 31.8 Å². The normalized spacial score (nSPS) is 17.0. The van der Waals surface area contributed by atoms with E-state index in [2.05, 4.69) is 14.5 Å². The average molecular weight is 362 g/mol. The van der Waals surface area contributed by atoms with Gasteiger partial charge in [0.05, 0.1) is 0 Å². The first-order chi connectivity index (χ1) is 13.2. The Bertz CT molecular complexity index is 923. The number of carbonyl (C=O) groups excluding carboxylic acids is 1. The molecule has 2 aromatic heterocycles. The van der Waals surface area contributed by atoms with Gasteiger partial charge in [-0.25, -0.2) is 4.98 Å². The SMILES string of the molecule is O=C(c1cccc(O)c1)N1CCC[C@H](c2nccn2Cc2ccncc2)C1. The Morgan fingerprint density at radius 1 is 1.19 bits per heavy atom. The van der Waals surface area contributed by atoms with Crippen LogP contribution in [0.5, 0.6) is 5.75 Å². The maximum Gasteiger partial charge on any atom is 0.254 e.